The minimum Gasteiger partial charge on any atom is -0.478 e. The lowest BCUT2D eigenvalue weighted by Gasteiger charge is -2.20. The Labute approximate surface area is 199 Å². The summed E-state index contributed by atoms with van der Waals surface area (Å²) in [6, 6.07) is 18.9. The predicted octanol–water partition coefficient (Wildman–Crippen LogP) is 3.23. The summed E-state index contributed by atoms with van der Waals surface area (Å²) < 4.78 is 5.35. The van der Waals surface area contributed by atoms with Crippen LogP contribution in [0.15, 0.2) is 66.7 Å². The van der Waals surface area contributed by atoms with Crippen LogP contribution in [0.3, 0.4) is 0 Å². The molecule has 0 spiro atoms. The van der Waals surface area contributed by atoms with Crippen LogP contribution < -0.4 is 5.32 Å². The van der Waals surface area contributed by atoms with Gasteiger partial charge in [-0.25, -0.2) is 9.59 Å². The van der Waals surface area contributed by atoms with E-state index in [1.807, 2.05) is 48.5 Å². The molecular weight excluding hydrogens is 456 g/mol. The van der Waals surface area contributed by atoms with Gasteiger partial charge in [0.2, 0.25) is 0 Å². The number of benzene rings is 3. The van der Waals surface area contributed by atoms with Crippen LogP contribution >= 0.6 is 0 Å². The van der Waals surface area contributed by atoms with Gasteiger partial charge in [0.05, 0.1) is 16.1 Å². The molecule has 10 nitrogen and oxygen atoms in total. The highest BCUT2D eigenvalue weighted by molar-refractivity contribution is 5.91. The second-order valence-corrected chi connectivity index (χ2v) is 8.02. The number of fused-ring (bicyclic) bond motifs is 3. The van der Waals surface area contributed by atoms with Gasteiger partial charge in [-0.2, -0.15) is 0 Å². The Morgan fingerprint density at radius 2 is 1.57 bits per heavy atom. The molecule has 1 aliphatic rings. The number of aromatic carboxylic acids is 1. The van der Waals surface area contributed by atoms with E-state index in [1.54, 1.807) is 0 Å². The summed E-state index contributed by atoms with van der Waals surface area (Å²) in [5, 5.41) is 43.8. The standard InChI is InChI=1S/C25H22N2O8/c28-21(23(29)22-18(24(30)31)10-5-11-20(22)27(33)34)12-26-25(32)35-13-19-16-8-3-1-6-14(16)15-7-2-4-9-17(15)19/h1-11,19,21,23,28-29H,12-13H2,(H,26,32)(H,30,31). The van der Waals surface area contributed by atoms with Crippen molar-refractivity contribution >= 4 is 17.7 Å². The van der Waals surface area contributed by atoms with Gasteiger partial charge in [0.15, 0.2) is 0 Å². The number of aliphatic hydroxyl groups excluding tert-OH is 2. The molecule has 35 heavy (non-hydrogen) atoms. The topological polar surface area (TPSA) is 159 Å². The van der Waals surface area contributed by atoms with Crippen LogP contribution in [0.4, 0.5) is 10.5 Å². The number of nitro groups is 1. The Morgan fingerprint density at radius 1 is 0.971 bits per heavy atom. The zero-order chi connectivity index (χ0) is 25.1. The van der Waals surface area contributed by atoms with Crippen molar-refractivity contribution in [3.8, 4) is 11.1 Å². The number of nitrogens with zero attached hydrogens (tertiary/aromatic N) is 1. The molecule has 180 valence electrons. The number of ether oxygens (including phenoxy) is 1. The van der Waals surface area contributed by atoms with E-state index in [0.29, 0.717) is 0 Å². The van der Waals surface area contributed by atoms with E-state index in [-0.39, 0.29) is 12.5 Å². The number of amides is 1. The third kappa shape index (κ3) is 4.70. The lowest BCUT2D eigenvalue weighted by Crippen LogP contribution is -2.36. The third-order valence-corrected chi connectivity index (χ3v) is 5.97. The third-order valence-electron chi connectivity index (χ3n) is 5.97. The molecule has 2 atom stereocenters. The molecule has 0 saturated heterocycles. The molecule has 0 heterocycles. The number of carboxylic acid groups (broad SMARTS) is 1. The van der Waals surface area contributed by atoms with E-state index in [1.165, 1.54) is 6.07 Å². The number of aliphatic hydroxyl groups is 2. The maximum absolute atomic E-state index is 12.3. The van der Waals surface area contributed by atoms with Crippen molar-refractivity contribution in [1.82, 2.24) is 5.32 Å². The molecule has 0 aromatic heterocycles. The first-order valence-corrected chi connectivity index (χ1v) is 10.7. The zero-order valence-electron chi connectivity index (χ0n) is 18.3. The molecule has 2 unspecified atom stereocenters. The summed E-state index contributed by atoms with van der Waals surface area (Å²) in [5.41, 5.74) is 2.45. The summed E-state index contributed by atoms with van der Waals surface area (Å²) >= 11 is 0. The van der Waals surface area contributed by atoms with Gasteiger partial charge >= 0.3 is 12.1 Å². The summed E-state index contributed by atoms with van der Waals surface area (Å²) in [6.07, 6.45) is -4.52. The minimum atomic E-state index is -1.93. The second-order valence-electron chi connectivity index (χ2n) is 8.02. The lowest BCUT2D eigenvalue weighted by atomic mass is 9.96. The van der Waals surface area contributed by atoms with Crippen molar-refractivity contribution in [2.75, 3.05) is 13.2 Å². The Kier molecular flexibility index (Phi) is 6.76. The van der Waals surface area contributed by atoms with Crippen LogP contribution in [-0.4, -0.2) is 51.6 Å². The van der Waals surface area contributed by atoms with Gasteiger partial charge < -0.3 is 25.4 Å². The van der Waals surface area contributed by atoms with Crippen LogP contribution in [0, 0.1) is 10.1 Å². The normalized spacial score (nSPS) is 13.9. The molecular formula is C25H22N2O8. The molecule has 0 fully saturated rings. The maximum atomic E-state index is 12.3. The van der Waals surface area contributed by atoms with Crippen molar-refractivity contribution in [2.45, 2.75) is 18.1 Å². The van der Waals surface area contributed by atoms with Crippen molar-refractivity contribution in [2.24, 2.45) is 0 Å². The van der Waals surface area contributed by atoms with Crippen molar-refractivity contribution in [3.05, 3.63) is 99.1 Å². The summed E-state index contributed by atoms with van der Waals surface area (Å²) in [4.78, 5) is 34.2. The Balaban J connectivity index is 1.41. The Hall–Kier alpha value is -4.28. The number of rotatable bonds is 8. The average molecular weight is 478 g/mol. The highest BCUT2D eigenvalue weighted by Gasteiger charge is 2.32. The maximum Gasteiger partial charge on any atom is 0.407 e. The monoisotopic (exact) mass is 478 g/mol. The number of nitro benzene ring substituents is 1. The average Bonchev–Trinajstić information content (AvgIpc) is 3.18. The van der Waals surface area contributed by atoms with E-state index in [2.05, 4.69) is 5.32 Å². The van der Waals surface area contributed by atoms with Crippen molar-refractivity contribution < 1.29 is 34.6 Å². The number of carbonyl (C=O) groups excluding carboxylic acids is 1. The van der Waals surface area contributed by atoms with E-state index < -0.39 is 52.6 Å². The van der Waals surface area contributed by atoms with Gasteiger partial charge in [-0.05, 0) is 28.3 Å². The molecule has 4 rings (SSSR count). The number of carboxylic acids is 1. The molecule has 0 bridgehead atoms. The number of hydrogen-bond donors (Lipinski definition) is 4. The van der Waals surface area contributed by atoms with Crippen LogP contribution in [-0.2, 0) is 4.74 Å². The first-order chi connectivity index (χ1) is 16.8. The molecule has 3 aromatic carbocycles. The highest BCUT2D eigenvalue weighted by atomic mass is 16.6. The molecule has 1 amide bonds. The Bertz CT molecular complexity index is 1210. The van der Waals surface area contributed by atoms with E-state index >= 15 is 0 Å². The van der Waals surface area contributed by atoms with Crippen molar-refractivity contribution in [3.63, 3.8) is 0 Å². The van der Waals surface area contributed by atoms with Gasteiger partial charge in [-0.3, -0.25) is 10.1 Å². The highest BCUT2D eigenvalue weighted by Crippen LogP contribution is 2.44. The first kappa shape index (κ1) is 23.9. The lowest BCUT2D eigenvalue weighted by molar-refractivity contribution is -0.386. The quantitative estimate of drug-likeness (QED) is 0.284. The fraction of sp³-hybridized carbons (Fsp3) is 0.200. The van der Waals surface area contributed by atoms with Gasteiger partial charge in [0.25, 0.3) is 5.69 Å². The van der Waals surface area contributed by atoms with E-state index in [4.69, 9.17) is 4.74 Å². The zero-order valence-corrected chi connectivity index (χ0v) is 18.3. The molecule has 0 radical (unpaired) electrons. The second kappa shape index (κ2) is 9.92. The first-order valence-electron chi connectivity index (χ1n) is 10.7. The number of hydrogen-bond acceptors (Lipinski definition) is 7. The van der Waals surface area contributed by atoms with E-state index in [9.17, 15) is 35.0 Å². The van der Waals surface area contributed by atoms with Crippen LogP contribution in [0.5, 0.6) is 0 Å². The molecule has 10 heteroatoms. The van der Waals surface area contributed by atoms with Crippen LogP contribution in [0.2, 0.25) is 0 Å². The summed E-state index contributed by atoms with van der Waals surface area (Å²) in [6.45, 7) is -0.491. The van der Waals surface area contributed by atoms with Crippen molar-refractivity contribution in [1.29, 1.82) is 0 Å². The smallest absolute Gasteiger partial charge is 0.407 e. The minimum absolute atomic E-state index is 0.0336. The van der Waals surface area contributed by atoms with Gasteiger partial charge in [0, 0.05) is 18.5 Å². The Morgan fingerprint density at radius 3 is 2.14 bits per heavy atom. The number of alkyl carbamates (subject to hydrolysis) is 1. The van der Waals surface area contributed by atoms with Crippen LogP contribution in [0.25, 0.3) is 11.1 Å². The number of nitrogens with one attached hydrogen (secondary N) is 1. The van der Waals surface area contributed by atoms with Gasteiger partial charge in [0.1, 0.15) is 18.8 Å². The predicted molar refractivity (Wildman–Crippen MR) is 124 cm³/mol. The SMILES string of the molecule is O=C(NCC(O)C(O)c1c(C(=O)O)cccc1[N+](=O)[O-])OCC1c2ccccc2-c2ccccc21. The summed E-state index contributed by atoms with van der Waals surface area (Å²) in [5.74, 6) is -1.67. The van der Waals surface area contributed by atoms with E-state index in [0.717, 1.165) is 34.4 Å². The molecule has 1 aliphatic carbocycles. The van der Waals surface area contributed by atoms with Gasteiger partial charge in [-0.1, -0.05) is 54.6 Å². The largest absolute Gasteiger partial charge is 0.478 e. The van der Waals surface area contributed by atoms with Gasteiger partial charge in [-0.15, -0.1) is 0 Å². The fourth-order valence-electron chi connectivity index (χ4n) is 4.35. The molecule has 4 N–H and O–H groups in total. The molecule has 3 aromatic rings. The number of carbonyl (C=O) groups is 2. The fourth-order valence-corrected chi connectivity index (χ4v) is 4.35. The van der Waals surface area contributed by atoms with Crippen LogP contribution in [0.1, 0.15) is 39.1 Å². The molecule has 0 saturated carbocycles. The molecule has 0 aliphatic heterocycles. The summed E-state index contributed by atoms with van der Waals surface area (Å²) in [7, 11) is 0.